The normalized spacial score (nSPS) is 25.8. The molecule has 3 nitrogen and oxygen atoms in total. The van der Waals surface area contributed by atoms with Crippen LogP contribution in [0.1, 0.15) is 29.6 Å². The summed E-state index contributed by atoms with van der Waals surface area (Å²) in [7, 11) is 1.63. The van der Waals surface area contributed by atoms with E-state index in [9.17, 15) is 4.79 Å². The molecule has 2 aliphatic rings. The number of ketones is 1. The van der Waals surface area contributed by atoms with E-state index in [1.807, 2.05) is 18.2 Å². The van der Waals surface area contributed by atoms with Crippen molar-refractivity contribution < 1.29 is 9.53 Å². The van der Waals surface area contributed by atoms with E-state index in [1.165, 1.54) is 19.3 Å². The van der Waals surface area contributed by atoms with Crippen LogP contribution >= 0.6 is 15.9 Å². The molecule has 1 heterocycles. The Hall–Kier alpha value is -0.870. The summed E-state index contributed by atoms with van der Waals surface area (Å²) in [5.41, 5.74) is 0.760. The molecule has 1 aromatic carbocycles. The van der Waals surface area contributed by atoms with Crippen LogP contribution in [0.4, 0.5) is 0 Å². The third-order valence-electron chi connectivity index (χ3n) is 4.34. The lowest BCUT2D eigenvalue weighted by Gasteiger charge is -2.25. The fraction of sp³-hybridized carbons (Fsp3) is 0.533. The second kappa shape index (κ2) is 5.25. The molecule has 0 amide bonds. The van der Waals surface area contributed by atoms with Gasteiger partial charge < -0.3 is 4.74 Å². The lowest BCUT2D eigenvalue weighted by molar-refractivity contribution is 0.0905. The highest BCUT2D eigenvalue weighted by Gasteiger charge is 2.38. The third kappa shape index (κ3) is 2.56. The van der Waals surface area contributed by atoms with E-state index in [4.69, 9.17) is 4.74 Å². The molecule has 1 saturated carbocycles. The van der Waals surface area contributed by atoms with Gasteiger partial charge in [0.25, 0.3) is 0 Å². The zero-order valence-electron chi connectivity index (χ0n) is 11.1. The molecule has 0 aromatic heterocycles. The molecule has 2 fully saturated rings. The van der Waals surface area contributed by atoms with Crippen molar-refractivity contribution in [3.05, 3.63) is 28.2 Å². The molecule has 1 aromatic rings. The maximum atomic E-state index is 12.3. The van der Waals surface area contributed by atoms with Gasteiger partial charge in [-0.1, -0.05) is 0 Å². The summed E-state index contributed by atoms with van der Waals surface area (Å²) >= 11 is 3.43. The first kappa shape index (κ1) is 13.1. The number of halogens is 1. The van der Waals surface area contributed by atoms with Crippen molar-refractivity contribution in [1.29, 1.82) is 0 Å². The van der Waals surface area contributed by atoms with Crippen LogP contribution in [0.3, 0.4) is 0 Å². The number of Topliss-reactive ketones (excluding diaryl/α,β-unsaturated/α-hetero) is 1. The standard InChI is InChI=1S/C15H18BrNO2/c1-19-15-5-3-11(7-13(15)16)14(18)9-17-8-10-2-4-12(17)6-10/h3,5,7,10,12H,2,4,6,8-9H2,1H3. The second-order valence-electron chi connectivity index (χ2n) is 5.53. The summed E-state index contributed by atoms with van der Waals surface area (Å²) in [5, 5.41) is 0. The number of benzene rings is 1. The van der Waals surface area contributed by atoms with Crippen molar-refractivity contribution in [3.63, 3.8) is 0 Å². The Balaban J connectivity index is 1.69. The summed E-state index contributed by atoms with van der Waals surface area (Å²) < 4.78 is 6.02. The summed E-state index contributed by atoms with van der Waals surface area (Å²) in [6, 6.07) is 6.19. The van der Waals surface area contributed by atoms with Crippen molar-refractivity contribution in [3.8, 4) is 5.75 Å². The quantitative estimate of drug-likeness (QED) is 0.797. The molecule has 102 valence electrons. The number of nitrogens with zero attached hydrogens (tertiary/aromatic N) is 1. The zero-order chi connectivity index (χ0) is 13.4. The predicted molar refractivity (Wildman–Crippen MR) is 77.7 cm³/mol. The number of fused-ring (bicyclic) bond motifs is 2. The Morgan fingerprint density at radius 2 is 2.32 bits per heavy atom. The third-order valence-corrected chi connectivity index (χ3v) is 4.96. The number of carbonyl (C=O) groups excluding carboxylic acids is 1. The van der Waals surface area contributed by atoms with E-state index in [0.717, 1.165) is 28.2 Å². The molecule has 1 aliphatic heterocycles. The number of likely N-dealkylation sites (tertiary alicyclic amines) is 1. The zero-order valence-corrected chi connectivity index (χ0v) is 12.6. The van der Waals surface area contributed by atoms with Crippen LogP contribution in [0.25, 0.3) is 0 Å². The van der Waals surface area contributed by atoms with Gasteiger partial charge in [0.2, 0.25) is 0 Å². The van der Waals surface area contributed by atoms with E-state index in [1.54, 1.807) is 7.11 Å². The summed E-state index contributed by atoms with van der Waals surface area (Å²) in [4.78, 5) is 14.7. The minimum Gasteiger partial charge on any atom is -0.496 e. The molecular weight excluding hydrogens is 306 g/mol. The lowest BCUT2D eigenvalue weighted by Crippen LogP contribution is -2.36. The molecule has 1 aliphatic carbocycles. The maximum absolute atomic E-state index is 12.3. The Kier molecular flexibility index (Phi) is 3.63. The van der Waals surface area contributed by atoms with Gasteiger partial charge in [0.1, 0.15) is 5.75 Å². The fourth-order valence-electron chi connectivity index (χ4n) is 3.34. The van der Waals surface area contributed by atoms with Gasteiger partial charge in [-0.2, -0.15) is 0 Å². The van der Waals surface area contributed by atoms with Crippen LogP contribution in [-0.4, -0.2) is 36.9 Å². The predicted octanol–water partition coefficient (Wildman–Crippen LogP) is 3.12. The molecule has 2 bridgehead atoms. The molecular formula is C15H18BrNO2. The first-order chi connectivity index (χ1) is 9.17. The van der Waals surface area contributed by atoms with Crippen LogP contribution in [0.2, 0.25) is 0 Å². The number of methoxy groups -OCH3 is 1. The van der Waals surface area contributed by atoms with Gasteiger partial charge in [-0.3, -0.25) is 9.69 Å². The maximum Gasteiger partial charge on any atom is 0.176 e. The summed E-state index contributed by atoms with van der Waals surface area (Å²) in [6.45, 7) is 1.66. The SMILES string of the molecule is COc1ccc(C(=O)CN2CC3CCC2C3)cc1Br. The fourth-order valence-corrected chi connectivity index (χ4v) is 3.88. The van der Waals surface area contributed by atoms with Gasteiger partial charge in [-0.15, -0.1) is 0 Å². The van der Waals surface area contributed by atoms with Crippen molar-refractivity contribution in [2.75, 3.05) is 20.2 Å². The second-order valence-corrected chi connectivity index (χ2v) is 6.39. The smallest absolute Gasteiger partial charge is 0.176 e. The number of hydrogen-bond acceptors (Lipinski definition) is 3. The highest BCUT2D eigenvalue weighted by molar-refractivity contribution is 9.10. The summed E-state index contributed by atoms with van der Waals surface area (Å²) in [6.07, 6.45) is 3.91. The largest absolute Gasteiger partial charge is 0.496 e. The Labute approximate surface area is 122 Å². The van der Waals surface area contributed by atoms with Crippen LogP contribution in [0.15, 0.2) is 22.7 Å². The van der Waals surface area contributed by atoms with Gasteiger partial charge in [0.15, 0.2) is 5.78 Å². The monoisotopic (exact) mass is 323 g/mol. The van der Waals surface area contributed by atoms with E-state index >= 15 is 0 Å². The highest BCUT2D eigenvalue weighted by Crippen LogP contribution is 2.37. The van der Waals surface area contributed by atoms with Gasteiger partial charge in [-0.05, 0) is 59.3 Å². The Bertz CT molecular complexity index is 503. The van der Waals surface area contributed by atoms with Crippen LogP contribution in [-0.2, 0) is 0 Å². The molecule has 3 rings (SSSR count). The Morgan fingerprint density at radius 1 is 1.47 bits per heavy atom. The molecule has 0 radical (unpaired) electrons. The number of carbonyl (C=O) groups is 1. The number of hydrogen-bond donors (Lipinski definition) is 0. The van der Waals surface area contributed by atoms with Crippen LogP contribution in [0.5, 0.6) is 5.75 Å². The minimum atomic E-state index is 0.205. The molecule has 19 heavy (non-hydrogen) atoms. The Morgan fingerprint density at radius 3 is 2.89 bits per heavy atom. The van der Waals surface area contributed by atoms with E-state index in [0.29, 0.717) is 12.6 Å². The van der Waals surface area contributed by atoms with E-state index in [2.05, 4.69) is 20.8 Å². The number of ether oxygens (including phenoxy) is 1. The molecule has 4 heteroatoms. The average molecular weight is 324 g/mol. The van der Waals surface area contributed by atoms with Gasteiger partial charge in [-0.25, -0.2) is 0 Å². The lowest BCUT2D eigenvalue weighted by atomic mass is 10.1. The molecule has 0 spiro atoms. The van der Waals surface area contributed by atoms with E-state index < -0.39 is 0 Å². The van der Waals surface area contributed by atoms with Crippen molar-refractivity contribution in [2.24, 2.45) is 5.92 Å². The van der Waals surface area contributed by atoms with Crippen molar-refractivity contribution >= 4 is 21.7 Å². The van der Waals surface area contributed by atoms with E-state index in [-0.39, 0.29) is 5.78 Å². The van der Waals surface area contributed by atoms with Gasteiger partial charge >= 0.3 is 0 Å². The molecule has 2 unspecified atom stereocenters. The average Bonchev–Trinajstić information content (AvgIpc) is 3.00. The molecule has 1 saturated heterocycles. The van der Waals surface area contributed by atoms with Crippen molar-refractivity contribution in [2.45, 2.75) is 25.3 Å². The van der Waals surface area contributed by atoms with Crippen molar-refractivity contribution in [1.82, 2.24) is 4.90 Å². The van der Waals surface area contributed by atoms with Crippen LogP contribution in [0, 0.1) is 5.92 Å². The number of rotatable bonds is 4. The first-order valence-electron chi connectivity index (χ1n) is 6.78. The van der Waals surface area contributed by atoms with Gasteiger partial charge in [0, 0.05) is 18.2 Å². The first-order valence-corrected chi connectivity index (χ1v) is 7.57. The highest BCUT2D eigenvalue weighted by atomic mass is 79.9. The topological polar surface area (TPSA) is 29.5 Å². The molecule has 0 N–H and O–H groups in total. The molecule has 2 atom stereocenters. The number of piperidine rings is 1. The minimum absolute atomic E-state index is 0.205. The van der Waals surface area contributed by atoms with Gasteiger partial charge in [0.05, 0.1) is 18.1 Å². The summed E-state index contributed by atoms with van der Waals surface area (Å²) in [5.74, 6) is 1.80. The van der Waals surface area contributed by atoms with Crippen LogP contribution < -0.4 is 4.74 Å².